The topological polar surface area (TPSA) is 47.6 Å². The first-order valence-corrected chi connectivity index (χ1v) is 5.68. The Labute approximate surface area is 91.3 Å². The standard InChI is InChI=1S/C11H21NO3/c1-3-15-11(13)8-12-9-4-6-10(14-2)7-5-9/h9-10,12H,3-8H2,1-2H3. The molecular formula is C11H21NO3. The summed E-state index contributed by atoms with van der Waals surface area (Å²) in [7, 11) is 1.76. The Morgan fingerprint density at radius 2 is 2.00 bits per heavy atom. The summed E-state index contributed by atoms with van der Waals surface area (Å²) in [6.45, 7) is 2.61. The molecule has 1 rings (SSSR count). The summed E-state index contributed by atoms with van der Waals surface area (Å²) in [5.74, 6) is -0.161. The zero-order valence-corrected chi connectivity index (χ0v) is 9.62. The second kappa shape index (κ2) is 6.80. The van der Waals surface area contributed by atoms with Gasteiger partial charge in [-0.1, -0.05) is 0 Å². The minimum atomic E-state index is -0.161. The highest BCUT2D eigenvalue weighted by Crippen LogP contribution is 2.20. The van der Waals surface area contributed by atoms with Gasteiger partial charge in [0.1, 0.15) is 0 Å². The molecule has 1 fully saturated rings. The first-order chi connectivity index (χ1) is 7.26. The summed E-state index contributed by atoms with van der Waals surface area (Å²) in [4.78, 5) is 11.1. The number of methoxy groups -OCH3 is 1. The van der Waals surface area contributed by atoms with E-state index in [1.807, 2.05) is 6.92 Å². The molecule has 1 saturated carbocycles. The van der Waals surface area contributed by atoms with Crippen LogP contribution >= 0.6 is 0 Å². The average molecular weight is 215 g/mol. The van der Waals surface area contributed by atoms with Gasteiger partial charge in [0.15, 0.2) is 0 Å². The summed E-state index contributed by atoms with van der Waals surface area (Å²) in [5, 5.41) is 3.22. The first kappa shape index (κ1) is 12.5. The van der Waals surface area contributed by atoms with E-state index >= 15 is 0 Å². The van der Waals surface area contributed by atoms with E-state index in [1.54, 1.807) is 7.11 Å². The van der Waals surface area contributed by atoms with Crippen molar-refractivity contribution in [2.24, 2.45) is 0 Å². The molecule has 1 aliphatic carbocycles. The molecule has 0 aromatic rings. The van der Waals surface area contributed by atoms with E-state index in [1.165, 1.54) is 0 Å². The van der Waals surface area contributed by atoms with Gasteiger partial charge in [-0.3, -0.25) is 4.79 Å². The normalized spacial score (nSPS) is 26.3. The van der Waals surface area contributed by atoms with Gasteiger partial charge in [0, 0.05) is 13.2 Å². The molecule has 0 unspecified atom stereocenters. The molecule has 0 spiro atoms. The van der Waals surface area contributed by atoms with E-state index in [0.29, 0.717) is 25.3 Å². The lowest BCUT2D eigenvalue weighted by Gasteiger charge is -2.27. The van der Waals surface area contributed by atoms with E-state index in [4.69, 9.17) is 9.47 Å². The molecule has 0 atom stereocenters. The molecule has 0 aromatic heterocycles. The van der Waals surface area contributed by atoms with Crippen LogP contribution in [0.1, 0.15) is 32.6 Å². The molecule has 4 heteroatoms. The van der Waals surface area contributed by atoms with Crippen LogP contribution in [0.4, 0.5) is 0 Å². The van der Waals surface area contributed by atoms with Gasteiger partial charge < -0.3 is 14.8 Å². The van der Waals surface area contributed by atoms with Crippen LogP contribution in [0.15, 0.2) is 0 Å². The van der Waals surface area contributed by atoms with Crippen molar-refractivity contribution >= 4 is 5.97 Å². The molecule has 0 aliphatic heterocycles. The predicted molar refractivity (Wildman–Crippen MR) is 57.7 cm³/mol. The van der Waals surface area contributed by atoms with Crippen LogP contribution in [0.3, 0.4) is 0 Å². The number of rotatable bonds is 5. The van der Waals surface area contributed by atoms with Crippen molar-refractivity contribution in [3.8, 4) is 0 Å². The van der Waals surface area contributed by atoms with Crippen molar-refractivity contribution in [2.75, 3.05) is 20.3 Å². The minimum absolute atomic E-state index is 0.161. The second-order valence-electron chi connectivity index (χ2n) is 3.90. The molecule has 0 amide bonds. The van der Waals surface area contributed by atoms with Gasteiger partial charge >= 0.3 is 5.97 Å². The zero-order chi connectivity index (χ0) is 11.1. The monoisotopic (exact) mass is 215 g/mol. The lowest BCUT2D eigenvalue weighted by Crippen LogP contribution is -2.38. The second-order valence-corrected chi connectivity index (χ2v) is 3.90. The molecule has 4 nitrogen and oxygen atoms in total. The van der Waals surface area contributed by atoms with Crippen molar-refractivity contribution in [1.82, 2.24) is 5.32 Å². The van der Waals surface area contributed by atoms with Crippen LogP contribution in [-0.2, 0) is 14.3 Å². The number of carbonyl (C=O) groups excluding carboxylic acids is 1. The van der Waals surface area contributed by atoms with E-state index < -0.39 is 0 Å². The fourth-order valence-corrected chi connectivity index (χ4v) is 1.94. The van der Waals surface area contributed by atoms with Crippen molar-refractivity contribution < 1.29 is 14.3 Å². The Morgan fingerprint density at radius 1 is 1.33 bits per heavy atom. The van der Waals surface area contributed by atoms with Gasteiger partial charge in [-0.05, 0) is 32.6 Å². The fraction of sp³-hybridized carbons (Fsp3) is 0.909. The van der Waals surface area contributed by atoms with Crippen LogP contribution < -0.4 is 5.32 Å². The van der Waals surface area contributed by atoms with Gasteiger partial charge in [0.2, 0.25) is 0 Å². The lowest BCUT2D eigenvalue weighted by molar-refractivity contribution is -0.142. The molecule has 15 heavy (non-hydrogen) atoms. The van der Waals surface area contributed by atoms with E-state index in [2.05, 4.69) is 5.32 Å². The molecule has 0 radical (unpaired) electrons. The van der Waals surface area contributed by atoms with Crippen LogP contribution in [0, 0.1) is 0 Å². The molecular weight excluding hydrogens is 194 g/mol. The van der Waals surface area contributed by atoms with Crippen molar-refractivity contribution in [1.29, 1.82) is 0 Å². The largest absolute Gasteiger partial charge is 0.465 e. The average Bonchev–Trinajstić information content (AvgIpc) is 2.27. The molecule has 0 saturated heterocycles. The molecule has 1 aliphatic rings. The maximum atomic E-state index is 11.1. The Morgan fingerprint density at radius 3 is 2.53 bits per heavy atom. The van der Waals surface area contributed by atoms with Crippen LogP contribution in [-0.4, -0.2) is 38.4 Å². The smallest absolute Gasteiger partial charge is 0.319 e. The molecule has 0 aromatic carbocycles. The van der Waals surface area contributed by atoms with Gasteiger partial charge in [-0.15, -0.1) is 0 Å². The highest BCUT2D eigenvalue weighted by molar-refractivity contribution is 5.71. The van der Waals surface area contributed by atoms with Gasteiger partial charge in [-0.25, -0.2) is 0 Å². The van der Waals surface area contributed by atoms with Crippen LogP contribution in [0.2, 0.25) is 0 Å². The highest BCUT2D eigenvalue weighted by atomic mass is 16.5. The minimum Gasteiger partial charge on any atom is -0.465 e. The van der Waals surface area contributed by atoms with Gasteiger partial charge in [-0.2, -0.15) is 0 Å². The number of hydrogen-bond acceptors (Lipinski definition) is 4. The number of esters is 1. The third-order valence-electron chi connectivity index (χ3n) is 2.85. The fourth-order valence-electron chi connectivity index (χ4n) is 1.94. The highest BCUT2D eigenvalue weighted by Gasteiger charge is 2.20. The summed E-state index contributed by atoms with van der Waals surface area (Å²) in [6.07, 6.45) is 4.73. The number of carbonyl (C=O) groups is 1. The Bertz CT molecular complexity index is 188. The summed E-state index contributed by atoms with van der Waals surface area (Å²) in [5.41, 5.74) is 0. The van der Waals surface area contributed by atoms with Crippen molar-refractivity contribution in [2.45, 2.75) is 44.8 Å². The molecule has 1 N–H and O–H groups in total. The quantitative estimate of drug-likeness (QED) is 0.698. The van der Waals surface area contributed by atoms with E-state index in [-0.39, 0.29) is 5.97 Å². The number of hydrogen-bond donors (Lipinski definition) is 1. The van der Waals surface area contributed by atoms with Crippen LogP contribution in [0.5, 0.6) is 0 Å². The SMILES string of the molecule is CCOC(=O)CNC1CCC(OC)CC1. The van der Waals surface area contributed by atoms with Gasteiger partial charge in [0.05, 0.1) is 19.3 Å². The third-order valence-corrected chi connectivity index (χ3v) is 2.85. The van der Waals surface area contributed by atoms with Gasteiger partial charge in [0.25, 0.3) is 0 Å². The Hall–Kier alpha value is -0.610. The predicted octanol–water partition coefficient (Wildman–Crippen LogP) is 1.10. The molecule has 0 bridgehead atoms. The zero-order valence-electron chi connectivity index (χ0n) is 9.62. The molecule has 88 valence electrons. The van der Waals surface area contributed by atoms with E-state index in [9.17, 15) is 4.79 Å². The third kappa shape index (κ3) is 4.62. The van der Waals surface area contributed by atoms with Crippen LogP contribution in [0.25, 0.3) is 0 Å². The lowest BCUT2D eigenvalue weighted by atomic mass is 9.93. The summed E-state index contributed by atoms with van der Waals surface area (Å²) in [6, 6.07) is 0.445. The van der Waals surface area contributed by atoms with E-state index in [0.717, 1.165) is 25.7 Å². The Balaban J connectivity index is 2.10. The number of ether oxygens (including phenoxy) is 2. The maximum Gasteiger partial charge on any atom is 0.319 e. The summed E-state index contributed by atoms with van der Waals surface area (Å²) >= 11 is 0. The Kier molecular flexibility index (Phi) is 5.65. The molecule has 0 heterocycles. The number of nitrogens with one attached hydrogen (secondary N) is 1. The maximum absolute atomic E-state index is 11.1. The van der Waals surface area contributed by atoms with Crippen molar-refractivity contribution in [3.05, 3.63) is 0 Å². The first-order valence-electron chi connectivity index (χ1n) is 5.68. The van der Waals surface area contributed by atoms with Crippen molar-refractivity contribution in [3.63, 3.8) is 0 Å². The summed E-state index contributed by atoms with van der Waals surface area (Å²) < 4.78 is 10.1.